The van der Waals surface area contributed by atoms with Crippen LogP contribution in [0.4, 0.5) is 0 Å². The van der Waals surface area contributed by atoms with Crippen molar-refractivity contribution in [3.05, 3.63) is 0 Å². The van der Waals surface area contributed by atoms with Gasteiger partial charge in [-0.15, -0.1) is 0 Å². The zero-order valence-electron chi connectivity index (χ0n) is 9.77. The molecule has 0 rings (SSSR count). The Morgan fingerprint density at radius 3 is 1.69 bits per heavy atom. The van der Waals surface area contributed by atoms with Gasteiger partial charge in [0.2, 0.25) is 0 Å². The number of hydrogen-bond acceptors (Lipinski definition) is 0. The van der Waals surface area contributed by atoms with E-state index in [0.29, 0.717) is 0 Å². The number of unbranched alkanes of at least 4 members (excludes halogenated alkanes) is 5. The van der Waals surface area contributed by atoms with Crippen molar-refractivity contribution in [2.75, 3.05) is 0 Å². The van der Waals surface area contributed by atoms with Gasteiger partial charge in [-0.25, -0.2) is 0 Å². The Labute approximate surface area is 105 Å². The molecule has 0 aromatic heterocycles. The summed E-state index contributed by atoms with van der Waals surface area (Å²) < 4.78 is 0. The Morgan fingerprint density at radius 1 is 0.769 bits per heavy atom. The van der Waals surface area contributed by atoms with Crippen molar-refractivity contribution in [3.63, 3.8) is 0 Å². The Bertz CT molecular complexity index is 96.8. The van der Waals surface area contributed by atoms with E-state index in [1.807, 2.05) is 0 Å². The molecule has 82 valence electrons. The largest absolute Gasteiger partial charge is 1.00 e. The minimum atomic E-state index is -1.03. The van der Waals surface area contributed by atoms with Crippen LogP contribution in [0.3, 0.4) is 0 Å². The Kier molecular flexibility index (Phi) is 12.6. The second-order valence-electron chi connectivity index (χ2n) is 4.78. The molecule has 13 heavy (non-hydrogen) atoms. The molecule has 0 N–H and O–H groups in total. The van der Waals surface area contributed by atoms with Crippen LogP contribution in [0.2, 0.25) is 22.3 Å². The minimum Gasteiger partial charge on any atom is -1.00 e. The molecule has 0 nitrogen and oxygen atoms in total. The van der Waals surface area contributed by atoms with Crippen LogP contribution in [0.15, 0.2) is 0 Å². The first kappa shape index (κ1) is 16.7. The average Bonchev–Trinajstić information content (AvgIpc) is 1.94. The SMILES string of the molecule is CCCCCCCC[As+](C)(C)C.[I-]. The van der Waals surface area contributed by atoms with Crippen molar-refractivity contribution in [1.29, 1.82) is 0 Å². The van der Waals surface area contributed by atoms with Crippen LogP contribution in [-0.2, 0) is 0 Å². The van der Waals surface area contributed by atoms with Crippen LogP contribution in [0.5, 0.6) is 0 Å². The van der Waals surface area contributed by atoms with E-state index in [1.54, 1.807) is 5.21 Å². The van der Waals surface area contributed by atoms with Gasteiger partial charge in [0, 0.05) is 0 Å². The zero-order valence-corrected chi connectivity index (χ0v) is 13.8. The quantitative estimate of drug-likeness (QED) is 0.368. The molecule has 0 saturated carbocycles. The van der Waals surface area contributed by atoms with Crippen molar-refractivity contribution in [3.8, 4) is 0 Å². The molecular weight excluding hydrogens is 334 g/mol. The fourth-order valence-corrected chi connectivity index (χ4v) is 3.83. The van der Waals surface area contributed by atoms with Crippen LogP contribution < -0.4 is 24.0 Å². The molecule has 0 atom stereocenters. The van der Waals surface area contributed by atoms with E-state index in [0.717, 1.165) is 0 Å². The molecule has 0 fully saturated rings. The average molecular weight is 360 g/mol. The molecule has 0 bridgehead atoms. The maximum Gasteiger partial charge on any atom is -1.00 e. The van der Waals surface area contributed by atoms with Crippen LogP contribution in [0.1, 0.15) is 45.4 Å². The molecule has 0 aromatic carbocycles. The molecule has 0 aromatic rings. The third kappa shape index (κ3) is 16.0. The molecule has 0 unspecified atom stereocenters. The Balaban J connectivity index is 0. The molecule has 0 heterocycles. The van der Waals surface area contributed by atoms with Crippen molar-refractivity contribution in [2.24, 2.45) is 0 Å². The van der Waals surface area contributed by atoms with Gasteiger partial charge in [0.25, 0.3) is 0 Å². The maximum absolute atomic E-state index is 2.50. The van der Waals surface area contributed by atoms with Gasteiger partial charge in [-0.1, -0.05) is 0 Å². The second kappa shape index (κ2) is 9.83. The summed E-state index contributed by atoms with van der Waals surface area (Å²) in [5.74, 6) is 0. The van der Waals surface area contributed by atoms with Gasteiger partial charge < -0.3 is 24.0 Å². The summed E-state index contributed by atoms with van der Waals surface area (Å²) in [5.41, 5.74) is 7.51. The monoisotopic (exact) mass is 360 g/mol. The van der Waals surface area contributed by atoms with Crippen molar-refractivity contribution in [1.82, 2.24) is 0 Å². The van der Waals surface area contributed by atoms with Crippen molar-refractivity contribution < 1.29 is 24.0 Å². The third-order valence-corrected chi connectivity index (χ3v) is 5.66. The fourth-order valence-electron chi connectivity index (χ4n) is 1.37. The van der Waals surface area contributed by atoms with Crippen molar-refractivity contribution >= 4 is 13.6 Å². The van der Waals surface area contributed by atoms with Gasteiger partial charge in [-0.05, 0) is 0 Å². The molecule has 0 spiro atoms. The number of hydrogen-bond donors (Lipinski definition) is 0. The first-order valence-electron chi connectivity index (χ1n) is 5.36. The summed E-state index contributed by atoms with van der Waals surface area (Å²) in [6, 6.07) is 0. The number of halogens is 1. The fraction of sp³-hybridized carbons (Fsp3) is 1.00. The van der Waals surface area contributed by atoms with Gasteiger partial charge in [-0.3, -0.25) is 0 Å². The van der Waals surface area contributed by atoms with Gasteiger partial charge in [0.1, 0.15) is 0 Å². The molecule has 0 radical (unpaired) electrons. The van der Waals surface area contributed by atoms with E-state index in [9.17, 15) is 0 Å². The topological polar surface area (TPSA) is 0 Å². The first-order valence-corrected chi connectivity index (χ1v) is 12.3. The van der Waals surface area contributed by atoms with Gasteiger partial charge in [-0.2, -0.15) is 0 Å². The summed E-state index contributed by atoms with van der Waals surface area (Å²) in [6.45, 7) is 2.28. The molecular formula is C11H26AsI. The van der Waals surface area contributed by atoms with E-state index in [1.165, 1.54) is 38.5 Å². The molecule has 0 aliphatic heterocycles. The number of rotatable bonds is 7. The summed E-state index contributed by atoms with van der Waals surface area (Å²) in [5, 5.41) is 1.56. The Morgan fingerprint density at radius 2 is 1.23 bits per heavy atom. The van der Waals surface area contributed by atoms with Gasteiger partial charge in [0.05, 0.1) is 0 Å². The standard InChI is InChI=1S/C11H26As.HI/c1-5-6-7-8-9-10-11-12(2,3)4;/h5-11H2,1-4H3;1H/q+1;/p-1. The minimum absolute atomic E-state index is 0. The normalized spacial score (nSPS) is 11.1. The maximum atomic E-state index is 2.50. The zero-order chi connectivity index (χ0) is 9.45. The molecule has 0 aliphatic carbocycles. The smallest absolute Gasteiger partial charge is 1.00 e. The third-order valence-electron chi connectivity index (χ3n) is 2.18. The van der Waals surface area contributed by atoms with E-state index >= 15 is 0 Å². The summed E-state index contributed by atoms with van der Waals surface area (Å²) in [4.78, 5) is 0. The molecule has 0 saturated heterocycles. The van der Waals surface area contributed by atoms with Crippen molar-refractivity contribution in [2.45, 2.75) is 67.8 Å². The summed E-state index contributed by atoms with van der Waals surface area (Å²) in [6.07, 6.45) is 8.74. The van der Waals surface area contributed by atoms with Crippen LogP contribution in [0.25, 0.3) is 0 Å². The molecule has 0 amide bonds. The van der Waals surface area contributed by atoms with Crippen LogP contribution in [0, 0.1) is 0 Å². The van der Waals surface area contributed by atoms with Gasteiger partial charge >= 0.3 is 81.3 Å². The predicted octanol–water partition coefficient (Wildman–Crippen LogP) is 1.69. The Hall–Kier alpha value is 1.29. The van der Waals surface area contributed by atoms with E-state index in [2.05, 4.69) is 24.1 Å². The van der Waals surface area contributed by atoms with E-state index in [-0.39, 0.29) is 24.0 Å². The predicted molar refractivity (Wildman–Crippen MR) is 61.5 cm³/mol. The molecule has 0 aliphatic rings. The summed E-state index contributed by atoms with van der Waals surface area (Å²) >= 11 is -1.03. The van der Waals surface area contributed by atoms with Crippen LogP contribution >= 0.6 is 0 Å². The van der Waals surface area contributed by atoms with E-state index in [4.69, 9.17) is 0 Å². The first-order chi connectivity index (χ1) is 5.56. The molecule has 2 heteroatoms. The summed E-state index contributed by atoms with van der Waals surface area (Å²) in [7, 11) is 0. The van der Waals surface area contributed by atoms with E-state index < -0.39 is 13.6 Å². The van der Waals surface area contributed by atoms with Crippen LogP contribution in [-0.4, -0.2) is 13.6 Å². The second-order valence-corrected chi connectivity index (χ2v) is 15.3. The van der Waals surface area contributed by atoms with Gasteiger partial charge in [0.15, 0.2) is 0 Å².